The van der Waals surface area contributed by atoms with Crippen molar-refractivity contribution >= 4 is 28.8 Å². The number of methoxy groups -OCH3 is 2. The number of aromatic nitrogens is 1. The Morgan fingerprint density at radius 1 is 1.24 bits per heavy atom. The van der Waals surface area contributed by atoms with Gasteiger partial charge in [0.1, 0.15) is 16.4 Å². The van der Waals surface area contributed by atoms with E-state index in [2.05, 4.69) is 10.3 Å². The van der Waals surface area contributed by atoms with Crippen molar-refractivity contribution in [3.63, 3.8) is 0 Å². The number of hydrogen-bond acceptors (Lipinski definition) is 6. The molecule has 156 valence electrons. The monoisotopic (exact) mass is 417 g/mol. The van der Waals surface area contributed by atoms with E-state index < -0.39 is 0 Å². The first-order chi connectivity index (χ1) is 14.0. The van der Waals surface area contributed by atoms with Gasteiger partial charge in [0, 0.05) is 43.4 Å². The van der Waals surface area contributed by atoms with Crippen LogP contribution >= 0.6 is 11.3 Å². The summed E-state index contributed by atoms with van der Waals surface area (Å²) in [6.07, 6.45) is 3.15. The first-order valence-electron chi connectivity index (χ1n) is 9.72. The molecule has 0 saturated carbocycles. The lowest BCUT2D eigenvalue weighted by atomic mass is 9.93. The third-order valence-corrected chi connectivity index (χ3v) is 6.08. The number of anilines is 1. The van der Waals surface area contributed by atoms with Crippen molar-refractivity contribution in [3.8, 4) is 11.5 Å². The van der Waals surface area contributed by atoms with E-state index in [-0.39, 0.29) is 11.8 Å². The maximum Gasteiger partial charge on any atom is 0.265 e. The minimum Gasteiger partial charge on any atom is -0.497 e. The van der Waals surface area contributed by atoms with Crippen LogP contribution in [0.4, 0.5) is 5.69 Å². The van der Waals surface area contributed by atoms with Crippen molar-refractivity contribution in [1.82, 2.24) is 9.88 Å². The molecule has 1 N–H and O–H groups in total. The molecule has 8 heteroatoms. The summed E-state index contributed by atoms with van der Waals surface area (Å²) in [4.78, 5) is 31.9. The summed E-state index contributed by atoms with van der Waals surface area (Å²) in [6.45, 7) is 3.32. The molecular weight excluding hydrogens is 390 g/mol. The van der Waals surface area contributed by atoms with E-state index in [1.165, 1.54) is 11.3 Å². The van der Waals surface area contributed by atoms with Crippen LogP contribution in [-0.2, 0) is 4.79 Å². The minimum atomic E-state index is -0.0537. The molecule has 1 aromatic heterocycles. The number of ether oxygens (including phenoxy) is 2. The van der Waals surface area contributed by atoms with Gasteiger partial charge in [-0.15, -0.1) is 11.3 Å². The molecule has 1 aliphatic rings. The highest BCUT2D eigenvalue weighted by Crippen LogP contribution is 2.27. The third-order valence-electron chi connectivity index (χ3n) is 5.16. The van der Waals surface area contributed by atoms with E-state index in [0.29, 0.717) is 36.1 Å². The zero-order chi connectivity index (χ0) is 20.8. The fourth-order valence-electron chi connectivity index (χ4n) is 3.57. The number of thiazole rings is 1. The summed E-state index contributed by atoms with van der Waals surface area (Å²) in [5, 5.41) is 2.91. The Balaban J connectivity index is 1.52. The van der Waals surface area contributed by atoms with E-state index in [1.807, 2.05) is 11.8 Å². The predicted molar refractivity (Wildman–Crippen MR) is 113 cm³/mol. The highest BCUT2D eigenvalue weighted by atomic mass is 32.1. The minimum absolute atomic E-state index is 0.0537. The molecule has 1 unspecified atom stereocenters. The lowest BCUT2D eigenvalue weighted by molar-refractivity contribution is -0.116. The normalized spacial score (nSPS) is 16.4. The third kappa shape index (κ3) is 5.47. The smallest absolute Gasteiger partial charge is 0.265 e. The molecule has 3 rings (SSSR count). The summed E-state index contributed by atoms with van der Waals surface area (Å²) in [6, 6.07) is 5.28. The van der Waals surface area contributed by atoms with Gasteiger partial charge in [-0.1, -0.05) is 0 Å². The van der Waals surface area contributed by atoms with Crippen molar-refractivity contribution in [2.24, 2.45) is 5.92 Å². The number of piperidine rings is 1. The molecular formula is C21H27N3O4S. The van der Waals surface area contributed by atoms with Gasteiger partial charge in [0.25, 0.3) is 5.91 Å². The second-order valence-corrected chi connectivity index (χ2v) is 8.07. The Morgan fingerprint density at radius 3 is 2.59 bits per heavy atom. The van der Waals surface area contributed by atoms with Crippen molar-refractivity contribution < 1.29 is 19.1 Å². The van der Waals surface area contributed by atoms with E-state index >= 15 is 0 Å². The summed E-state index contributed by atoms with van der Waals surface area (Å²) >= 11 is 1.39. The predicted octanol–water partition coefficient (Wildman–Crippen LogP) is 3.74. The number of likely N-dealkylation sites (tertiary alicyclic amines) is 1. The Kier molecular flexibility index (Phi) is 7.09. The van der Waals surface area contributed by atoms with Gasteiger partial charge in [0.05, 0.1) is 25.4 Å². The van der Waals surface area contributed by atoms with E-state index in [9.17, 15) is 9.59 Å². The fourth-order valence-corrected chi connectivity index (χ4v) is 4.34. The first-order valence-corrected chi connectivity index (χ1v) is 10.6. The Bertz CT molecular complexity index is 845. The highest BCUT2D eigenvalue weighted by Gasteiger charge is 2.26. The lowest BCUT2D eigenvalue weighted by Crippen LogP contribution is -2.40. The zero-order valence-electron chi connectivity index (χ0n) is 17.1. The summed E-state index contributed by atoms with van der Waals surface area (Å²) < 4.78 is 10.5. The largest absolute Gasteiger partial charge is 0.497 e. The zero-order valence-corrected chi connectivity index (χ0v) is 17.9. The number of hydrogen-bond donors (Lipinski definition) is 1. The number of aryl methyl sites for hydroxylation is 1. The summed E-state index contributed by atoms with van der Waals surface area (Å²) in [7, 11) is 3.15. The van der Waals surface area contributed by atoms with Gasteiger partial charge >= 0.3 is 0 Å². The number of amides is 2. The second kappa shape index (κ2) is 9.73. The maximum absolute atomic E-state index is 12.7. The quantitative estimate of drug-likeness (QED) is 0.742. The Labute approximate surface area is 175 Å². The molecule has 1 aliphatic heterocycles. The van der Waals surface area contributed by atoms with Crippen molar-refractivity contribution in [2.45, 2.75) is 32.6 Å². The molecule has 0 spiro atoms. The van der Waals surface area contributed by atoms with Crippen LogP contribution in [0.1, 0.15) is 41.0 Å². The van der Waals surface area contributed by atoms with E-state index in [4.69, 9.17) is 9.47 Å². The molecule has 2 aromatic rings. The Morgan fingerprint density at radius 2 is 1.97 bits per heavy atom. The highest BCUT2D eigenvalue weighted by molar-refractivity contribution is 7.11. The van der Waals surface area contributed by atoms with Crippen LogP contribution in [0.3, 0.4) is 0 Å². The average molecular weight is 418 g/mol. The molecule has 1 fully saturated rings. The van der Waals surface area contributed by atoms with Crippen LogP contribution in [0, 0.1) is 12.8 Å². The molecule has 0 aliphatic carbocycles. The van der Waals surface area contributed by atoms with Crippen molar-refractivity contribution in [2.75, 3.05) is 32.6 Å². The number of benzene rings is 1. The lowest BCUT2D eigenvalue weighted by Gasteiger charge is -2.32. The molecule has 7 nitrogen and oxygen atoms in total. The maximum atomic E-state index is 12.7. The topological polar surface area (TPSA) is 80.8 Å². The van der Waals surface area contributed by atoms with Gasteiger partial charge in [0.2, 0.25) is 5.91 Å². The second-order valence-electron chi connectivity index (χ2n) is 7.21. The Hall–Kier alpha value is -2.61. The van der Waals surface area contributed by atoms with E-state index in [1.54, 1.807) is 37.9 Å². The summed E-state index contributed by atoms with van der Waals surface area (Å²) in [5.74, 6) is 1.58. The van der Waals surface area contributed by atoms with Crippen LogP contribution in [0.2, 0.25) is 0 Å². The molecule has 1 aromatic carbocycles. The first kappa shape index (κ1) is 21.1. The number of rotatable bonds is 7. The van der Waals surface area contributed by atoms with Crippen molar-refractivity contribution in [1.29, 1.82) is 0 Å². The van der Waals surface area contributed by atoms with Gasteiger partial charge in [-0.3, -0.25) is 9.59 Å². The van der Waals surface area contributed by atoms with Crippen LogP contribution in [0.25, 0.3) is 0 Å². The van der Waals surface area contributed by atoms with Crippen molar-refractivity contribution in [3.05, 3.63) is 34.3 Å². The van der Waals surface area contributed by atoms with Crippen LogP contribution < -0.4 is 14.8 Å². The number of carbonyl (C=O) groups is 2. The average Bonchev–Trinajstić information content (AvgIpc) is 3.17. The molecule has 2 amide bonds. The molecule has 2 heterocycles. The van der Waals surface area contributed by atoms with E-state index in [0.717, 1.165) is 36.4 Å². The SMILES string of the molecule is COc1cc(NC(=O)CCC2CCCN(C(=O)c3scnc3C)C2)cc(OC)c1. The molecule has 0 radical (unpaired) electrons. The van der Waals surface area contributed by atoms with Gasteiger partial charge in [-0.2, -0.15) is 0 Å². The summed E-state index contributed by atoms with van der Waals surface area (Å²) in [5.41, 5.74) is 3.14. The molecule has 1 saturated heterocycles. The van der Waals surface area contributed by atoms with Gasteiger partial charge in [-0.05, 0) is 32.1 Å². The van der Waals surface area contributed by atoms with Crippen LogP contribution in [-0.4, -0.2) is 49.0 Å². The van der Waals surface area contributed by atoms with Crippen LogP contribution in [0.15, 0.2) is 23.7 Å². The molecule has 0 bridgehead atoms. The number of nitrogens with zero attached hydrogens (tertiary/aromatic N) is 2. The van der Waals surface area contributed by atoms with Crippen LogP contribution in [0.5, 0.6) is 11.5 Å². The van der Waals surface area contributed by atoms with Gasteiger partial charge in [-0.25, -0.2) is 4.98 Å². The van der Waals surface area contributed by atoms with Gasteiger partial charge in [0.15, 0.2) is 0 Å². The molecule has 29 heavy (non-hydrogen) atoms. The molecule has 1 atom stereocenters. The number of carbonyl (C=O) groups excluding carboxylic acids is 2. The number of nitrogens with one attached hydrogen (secondary N) is 1. The standard InChI is InChI=1S/C21H27N3O4S/c1-14-20(29-13-22-14)21(26)24-8-4-5-15(12-24)6-7-19(25)23-16-9-17(27-2)11-18(10-16)28-3/h9-11,13,15H,4-8,12H2,1-3H3,(H,23,25). The van der Waals surface area contributed by atoms with Gasteiger partial charge < -0.3 is 19.7 Å². The fraction of sp³-hybridized carbons (Fsp3) is 0.476.